The first-order chi connectivity index (χ1) is 28.5. The van der Waals surface area contributed by atoms with Crippen LogP contribution in [0.15, 0.2) is 162 Å². The fourth-order valence-corrected chi connectivity index (χ4v) is 7.77. The maximum atomic E-state index is 10.6. The molecule has 7 aromatic carbocycles. The van der Waals surface area contributed by atoms with Crippen molar-refractivity contribution in [3.05, 3.63) is 179 Å². The molecule has 0 saturated carbocycles. The number of hydrogen-bond donors (Lipinski definition) is 0. The van der Waals surface area contributed by atoms with E-state index in [-0.39, 0.29) is 40.6 Å². The molecule has 1 heterocycles. The van der Waals surface area contributed by atoms with E-state index in [9.17, 15) is 5.26 Å². The van der Waals surface area contributed by atoms with E-state index < -0.39 is 6.04 Å². The third kappa shape index (κ3) is 6.97. The number of hydrogen-bond acceptors (Lipinski definition) is 2. The van der Waals surface area contributed by atoms with Gasteiger partial charge in [0, 0.05) is 32.3 Å². The van der Waals surface area contributed by atoms with Gasteiger partial charge in [-0.3, -0.25) is 0 Å². The Labute approximate surface area is 340 Å². The van der Waals surface area contributed by atoms with Gasteiger partial charge in [0.2, 0.25) is 0 Å². The summed E-state index contributed by atoms with van der Waals surface area (Å²) < 4.78 is 45.7. The summed E-state index contributed by atoms with van der Waals surface area (Å²) in [6.07, 6.45) is 0. The molecule has 8 aromatic rings. The van der Waals surface area contributed by atoms with Crippen LogP contribution < -0.4 is 4.90 Å². The van der Waals surface area contributed by atoms with Crippen LogP contribution in [0.1, 0.15) is 65.1 Å². The minimum absolute atomic E-state index is 0.0908. The molecule has 0 spiro atoms. The number of halogens is 1. The normalized spacial score (nSPS) is 13.2. The average Bonchev–Trinajstić information content (AvgIpc) is 3.56. The monoisotopic (exact) mass is 782 g/mol. The van der Waals surface area contributed by atoms with Gasteiger partial charge in [0.15, 0.2) is 0 Å². The Kier molecular flexibility index (Phi) is 7.79. The lowest BCUT2D eigenvalue weighted by atomic mass is 9.79. The van der Waals surface area contributed by atoms with Crippen molar-refractivity contribution < 1.29 is 6.85 Å². The minimum Gasteiger partial charge on any atom is -0.310 e. The van der Waals surface area contributed by atoms with Crippen LogP contribution in [-0.2, 0) is 10.8 Å². The van der Waals surface area contributed by atoms with Crippen molar-refractivity contribution in [2.45, 2.75) is 52.4 Å². The minimum atomic E-state index is -0.437. The zero-order valence-electron chi connectivity index (χ0n) is 36.8. The van der Waals surface area contributed by atoms with Crippen molar-refractivity contribution in [3.8, 4) is 34.0 Å². The maximum Gasteiger partial charge on any atom is 0.101 e. The molecule has 0 amide bonds. The Hall–Kier alpha value is -5.89. The summed E-state index contributed by atoms with van der Waals surface area (Å²) in [6, 6.07) is 43.6. The van der Waals surface area contributed by atoms with Crippen LogP contribution in [0, 0.1) is 11.3 Å². The SMILES string of the molecule is [2H]c1c([2H])c([2H])c(-c2cccc(N(c3cc(Br)cc(-c4cc(C(C)(C)C)cc(C(C)(C)C)c4)c3)c3ccc(C#N)c(-n4c5ccccc5c5ccccc54)c3)c2)c([2H])c1[2H]. The molecule has 1 aromatic heterocycles. The number of nitriles is 1. The molecule has 0 saturated heterocycles. The second kappa shape index (κ2) is 14.1. The fraction of sp³-hybridized carbons (Fsp3) is 0.157. The summed E-state index contributed by atoms with van der Waals surface area (Å²) in [5.74, 6) is 0. The van der Waals surface area contributed by atoms with Gasteiger partial charge in [-0.05, 0) is 105 Å². The Bertz CT molecular complexity index is 2940. The van der Waals surface area contributed by atoms with Gasteiger partial charge < -0.3 is 9.47 Å². The molecule has 0 fully saturated rings. The summed E-state index contributed by atoms with van der Waals surface area (Å²) in [6.45, 7) is 13.4. The molecule has 0 radical (unpaired) electrons. The Balaban J connectivity index is 1.41. The molecule has 4 heteroatoms. The molecule has 0 atom stereocenters. The summed E-state index contributed by atoms with van der Waals surface area (Å²) in [5, 5.41) is 12.8. The number of rotatable bonds is 6. The average molecular weight is 784 g/mol. The topological polar surface area (TPSA) is 32.0 Å². The molecule has 8 rings (SSSR count). The second-order valence-corrected chi connectivity index (χ2v) is 17.0. The molecule has 0 aliphatic carbocycles. The van der Waals surface area contributed by atoms with E-state index >= 15 is 0 Å². The molecule has 0 N–H and O–H groups in total. The number of benzene rings is 7. The van der Waals surface area contributed by atoms with E-state index in [0.717, 1.165) is 48.8 Å². The maximum absolute atomic E-state index is 10.6. The molecule has 270 valence electrons. The highest BCUT2D eigenvalue weighted by molar-refractivity contribution is 9.10. The Morgan fingerprint density at radius 3 is 1.76 bits per heavy atom. The first-order valence-electron chi connectivity index (χ1n) is 20.9. The van der Waals surface area contributed by atoms with Crippen molar-refractivity contribution in [2.24, 2.45) is 0 Å². The molecule has 0 aliphatic heterocycles. The van der Waals surface area contributed by atoms with Crippen LogP contribution in [0.5, 0.6) is 0 Å². The van der Waals surface area contributed by atoms with E-state index in [2.05, 4.69) is 134 Å². The summed E-state index contributed by atoms with van der Waals surface area (Å²) >= 11 is 3.87. The van der Waals surface area contributed by atoms with Crippen LogP contribution in [-0.4, -0.2) is 4.57 Å². The third-order valence-electron chi connectivity index (χ3n) is 10.2. The predicted octanol–water partition coefficient (Wildman–Crippen LogP) is 14.8. The standard InChI is InChI=1S/C51H44BrN3/c1-50(2,3)39-25-37(26-40(30-39)51(4,5)6)38-27-41(52)31-44(29-38)54(42-18-14-17-35(28-42)34-15-8-7-9-16-34)43-24-23-36(33-53)49(32-43)55-47-21-12-10-19-45(47)46-20-11-13-22-48(46)55/h7-32H,1-6H3/i7D,8D,9D,15D,16D. The van der Waals surface area contributed by atoms with Crippen LogP contribution in [0.2, 0.25) is 0 Å². The summed E-state index contributed by atoms with van der Waals surface area (Å²) in [4.78, 5) is 2.10. The van der Waals surface area contributed by atoms with Gasteiger partial charge in [-0.15, -0.1) is 0 Å². The third-order valence-corrected chi connectivity index (χ3v) is 10.7. The number of aromatic nitrogens is 1. The van der Waals surface area contributed by atoms with Gasteiger partial charge in [0.25, 0.3) is 0 Å². The highest BCUT2D eigenvalue weighted by Gasteiger charge is 2.23. The lowest BCUT2D eigenvalue weighted by molar-refractivity contribution is 0.569. The summed E-state index contributed by atoms with van der Waals surface area (Å²) in [7, 11) is 0. The van der Waals surface area contributed by atoms with Crippen molar-refractivity contribution in [2.75, 3.05) is 4.90 Å². The van der Waals surface area contributed by atoms with E-state index in [4.69, 9.17) is 6.85 Å². The predicted molar refractivity (Wildman–Crippen MR) is 236 cm³/mol. The number of nitrogens with zero attached hydrogens (tertiary/aromatic N) is 3. The Morgan fingerprint density at radius 1 is 0.564 bits per heavy atom. The second-order valence-electron chi connectivity index (χ2n) is 16.1. The van der Waals surface area contributed by atoms with Gasteiger partial charge in [0.05, 0.1) is 29.1 Å². The van der Waals surface area contributed by atoms with Gasteiger partial charge in [-0.2, -0.15) is 5.26 Å². The first kappa shape index (κ1) is 30.4. The van der Waals surface area contributed by atoms with E-state index in [1.165, 1.54) is 11.1 Å². The fourth-order valence-electron chi connectivity index (χ4n) is 7.29. The largest absolute Gasteiger partial charge is 0.310 e. The zero-order valence-corrected chi connectivity index (χ0v) is 33.4. The summed E-state index contributed by atoms with van der Waals surface area (Å²) in [5.41, 5.74) is 10.4. The highest BCUT2D eigenvalue weighted by Crippen LogP contribution is 2.43. The van der Waals surface area contributed by atoms with Crippen molar-refractivity contribution in [1.82, 2.24) is 4.57 Å². The molecule has 3 nitrogen and oxygen atoms in total. The number of anilines is 3. The van der Waals surface area contributed by atoms with Gasteiger partial charge >= 0.3 is 0 Å². The number of fused-ring (bicyclic) bond motifs is 3. The van der Waals surface area contributed by atoms with Gasteiger partial charge in [0.1, 0.15) is 6.07 Å². The molecule has 0 unspecified atom stereocenters. The van der Waals surface area contributed by atoms with Crippen molar-refractivity contribution >= 4 is 54.8 Å². The van der Waals surface area contributed by atoms with E-state index in [1.807, 2.05) is 60.7 Å². The van der Waals surface area contributed by atoms with Crippen LogP contribution in [0.25, 0.3) is 49.7 Å². The zero-order chi connectivity index (χ0) is 42.8. The van der Waals surface area contributed by atoms with Crippen LogP contribution in [0.4, 0.5) is 17.1 Å². The van der Waals surface area contributed by atoms with Crippen LogP contribution >= 0.6 is 15.9 Å². The number of para-hydroxylation sites is 2. The molecule has 0 aliphatic rings. The quantitative estimate of drug-likeness (QED) is 0.168. The molecule has 0 bridgehead atoms. The van der Waals surface area contributed by atoms with Crippen LogP contribution in [0.3, 0.4) is 0 Å². The highest BCUT2D eigenvalue weighted by atomic mass is 79.9. The Morgan fingerprint density at radius 2 is 1.15 bits per heavy atom. The lowest BCUT2D eigenvalue weighted by Crippen LogP contribution is -2.16. The van der Waals surface area contributed by atoms with Gasteiger partial charge in [-0.25, -0.2) is 0 Å². The van der Waals surface area contributed by atoms with E-state index in [1.54, 1.807) is 6.07 Å². The molecular formula is C51H44BrN3. The van der Waals surface area contributed by atoms with Crippen molar-refractivity contribution in [1.29, 1.82) is 5.26 Å². The molecular weight excluding hydrogens is 734 g/mol. The van der Waals surface area contributed by atoms with Gasteiger partial charge in [-0.1, -0.05) is 154 Å². The first-order valence-corrected chi connectivity index (χ1v) is 19.2. The molecule has 55 heavy (non-hydrogen) atoms. The van der Waals surface area contributed by atoms with E-state index in [0.29, 0.717) is 22.5 Å². The lowest BCUT2D eigenvalue weighted by Gasteiger charge is -2.28. The van der Waals surface area contributed by atoms with Crippen molar-refractivity contribution in [3.63, 3.8) is 0 Å². The smallest absolute Gasteiger partial charge is 0.101 e.